The summed E-state index contributed by atoms with van der Waals surface area (Å²) in [5.41, 5.74) is 1.14. The number of nitrogens with zero attached hydrogens (tertiary/aromatic N) is 2. The van der Waals surface area contributed by atoms with Gasteiger partial charge in [-0.2, -0.15) is 0 Å². The summed E-state index contributed by atoms with van der Waals surface area (Å²) in [6.07, 6.45) is 14.1. The van der Waals surface area contributed by atoms with Crippen LogP contribution in [0.5, 0.6) is 0 Å². The van der Waals surface area contributed by atoms with E-state index in [2.05, 4.69) is 10.3 Å². The summed E-state index contributed by atoms with van der Waals surface area (Å²) in [5, 5.41) is 13.1. The molecule has 198 valence electrons. The Morgan fingerprint density at radius 3 is 2.73 bits per heavy atom. The van der Waals surface area contributed by atoms with Gasteiger partial charge >= 0.3 is 5.97 Å². The molecule has 0 radical (unpaired) electrons. The Bertz CT molecular complexity index is 1140. The van der Waals surface area contributed by atoms with E-state index in [1.165, 1.54) is 17.2 Å². The summed E-state index contributed by atoms with van der Waals surface area (Å²) in [6.45, 7) is 8.31. The lowest BCUT2D eigenvalue weighted by Gasteiger charge is -2.27. The largest absolute Gasteiger partial charge is 0.457 e. The van der Waals surface area contributed by atoms with Crippen LogP contribution in [0.25, 0.3) is 0 Å². The zero-order valence-corrected chi connectivity index (χ0v) is 21.7. The number of allylic oxidation sites excluding steroid dienone is 4. The average Bonchev–Trinajstić information content (AvgIpc) is 3.52. The Hall–Kier alpha value is -3.72. The van der Waals surface area contributed by atoms with Crippen molar-refractivity contribution >= 4 is 17.8 Å². The van der Waals surface area contributed by atoms with E-state index in [0.29, 0.717) is 19.5 Å². The van der Waals surface area contributed by atoms with Crippen LogP contribution in [-0.2, 0) is 20.7 Å². The second-order valence-corrected chi connectivity index (χ2v) is 9.51. The number of nitrogens with one attached hydrogen (secondary N) is 1. The number of aromatic nitrogens is 1. The van der Waals surface area contributed by atoms with Crippen LogP contribution in [0, 0.1) is 11.8 Å². The normalized spacial score (nSPS) is 28.4. The number of rotatable bonds is 1. The van der Waals surface area contributed by atoms with Crippen molar-refractivity contribution in [2.45, 2.75) is 52.7 Å². The number of cyclic esters (lactones) is 1. The molecule has 1 aromatic rings. The predicted octanol–water partition coefficient (Wildman–Crippen LogP) is 3.26. The standard InChI is InChI=1S/C28H35N3O6/c1-18(2)26-20(4)12-13-24(33)29-14-6-9-19(3)8-5-10-21(32)16-25-30-22(17-36-25)27(34)31-15-7-11-23(31)28(35)37-26/h5-6,8-13,17-18,20-21,26,32H,7,14-16H2,1-4H3,(H,29,33)/b9-6+,10-5-,13-12+,19-8+/t20-,21?,26?/m1/s1. The molecule has 0 aromatic carbocycles. The highest BCUT2D eigenvalue weighted by atomic mass is 16.5. The number of fused-ring (bicyclic) bond motifs is 3. The molecule has 2 amide bonds. The molecule has 2 unspecified atom stereocenters. The highest BCUT2D eigenvalue weighted by Crippen LogP contribution is 2.24. The number of oxazole rings is 1. The SMILES string of the molecule is CC1=C\C=C/C(O)Cc2nc(co2)C(=O)N2CCC=C2C(=O)OC(C(C)C)[C@H](C)/C=C/C(=O)NC\C=C\1. The second kappa shape index (κ2) is 13.0. The summed E-state index contributed by atoms with van der Waals surface area (Å²) < 4.78 is 11.2. The Labute approximate surface area is 217 Å². The van der Waals surface area contributed by atoms with E-state index in [4.69, 9.17) is 9.15 Å². The lowest BCUT2D eigenvalue weighted by atomic mass is 9.94. The molecule has 3 heterocycles. The van der Waals surface area contributed by atoms with Crippen molar-refractivity contribution in [3.05, 3.63) is 77.7 Å². The van der Waals surface area contributed by atoms with Crippen molar-refractivity contribution in [2.75, 3.05) is 13.1 Å². The van der Waals surface area contributed by atoms with Crippen molar-refractivity contribution in [2.24, 2.45) is 11.8 Å². The average molecular weight is 510 g/mol. The molecule has 9 nitrogen and oxygen atoms in total. The van der Waals surface area contributed by atoms with Crippen LogP contribution >= 0.6 is 0 Å². The number of carbonyl (C=O) groups is 3. The Morgan fingerprint density at radius 1 is 1.19 bits per heavy atom. The number of carbonyl (C=O) groups excluding carboxylic acids is 3. The maximum absolute atomic E-state index is 13.1. The van der Waals surface area contributed by atoms with Crippen molar-refractivity contribution < 1.29 is 28.6 Å². The lowest BCUT2D eigenvalue weighted by molar-refractivity contribution is -0.149. The van der Waals surface area contributed by atoms with Crippen LogP contribution in [0.1, 0.15) is 50.5 Å². The fraction of sp³-hybridized carbons (Fsp3) is 0.429. The maximum atomic E-state index is 13.1. The first-order valence-electron chi connectivity index (χ1n) is 12.5. The zero-order chi connectivity index (χ0) is 26.9. The first-order chi connectivity index (χ1) is 17.7. The van der Waals surface area contributed by atoms with Crippen LogP contribution < -0.4 is 5.32 Å². The summed E-state index contributed by atoms with van der Waals surface area (Å²) in [4.78, 5) is 44.0. The van der Waals surface area contributed by atoms with Gasteiger partial charge in [0.1, 0.15) is 18.1 Å². The fourth-order valence-corrected chi connectivity index (χ4v) is 4.09. The number of aliphatic hydroxyl groups is 1. The van der Waals surface area contributed by atoms with Gasteiger partial charge in [-0.05, 0) is 25.3 Å². The van der Waals surface area contributed by atoms with Gasteiger partial charge in [-0.25, -0.2) is 9.78 Å². The van der Waals surface area contributed by atoms with Crippen LogP contribution in [0.15, 0.2) is 70.6 Å². The number of amides is 2. The van der Waals surface area contributed by atoms with Crippen LogP contribution in [-0.4, -0.2) is 58.1 Å². The summed E-state index contributed by atoms with van der Waals surface area (Å²) in [5.74, 6) is -1.39. The molecule has 9 heteroatoms. The quantitative estimate of drug-likeness (QED) is 0.557. The Morgan fingerprint density at radius 2 is 1.97 bits per heavy atom. The molecule has 3 atom stereocenters. The fourth-order valence-electron chi connectivity index (χ4n) is 4.09. The van der Waals surface area contributed by atoms with Crippen molar-refractivity contribution in [1.82, 2.24) is 15.2 Å². The van der Waals surface area contributed by atoms with Gasteiger partial charge in [-0.15, -0.1) is 0 Å². The third kappa shape index (κ3) is 7.88. The van der Waals surface area contributed by atoms with Gasteiger partial charge in [-0.3, -0.25) is 9.59 Å². The van der Waals surface area contributed by atoms with Gasteiger partial charge in [0.2, 0.25) is 5.91 Å². The topological polar surface area (TPSA) is 122 Å². The molecular weight excluding hydrogens is 474 g/mol. The van der Waals surface area contributed by atoms with Gasteiger partial charge in [0.25, 0.3) is 5.91 Å². The van der Waals surface area contributed by atoms with E-state index in [9.17, 15) is 19.5 Å². The minimum Gasteiger partial charge on any atom is -0.457 e. The molecule has 37 heavy (non-hydrogen) atoms. The molecule has 0 fully saturated rings. The number of aliphatic hydroxyl groups excluding tert-OH is 1. The minimum atomic E-state index is -0.866. The van der Waals surface area contributed by atoms with Gasteiger partial charge in [0.05, 0.1) is 12.5 Å². The minimum absolute atomic E-state index is 0.0249. The third-order valence-corrected chi connectivity index (χ3v) is 6.03. The molecule has 0 saturated heterocycles. The number of esters is 1. The molecule has 2 aliphatic heterocycles. The molecule has 2 aliphatic rings. The Kier molecular flexibility index (Phi) is 9.79. The monoisotopic (exact) mass is 509 g/mol. The number of ether oxygens (including phenoxy) is 1. The highest BCUT2D eigenvalue weighted by Gasteiger charge is 2.33. The van der Waals surface area contributed by atoms with E-state index in [0.717, 1.165) is 5.57 Å². The van der Waals surface area contributed by atoms with E-state index >= 15 is 0 Å². The van der Waals surface area contributed by atoms with Crippen molar-refractivity contribution in [1.29, 1.82) is 0 Å². The molecule has 2 bridgehead atoms. The van der Waals surface area contributed by atoms with Crippen LogP contribution in [0.2, 0.25) is 0 Å². The molecule has 0 saturated carbocycles. The van der Waals surface area contributed by atoms with E-state index in [1.807, 2.05) is 45.9 Å². The predicted molar refractivity (Wildman–Crippen MR) is 138 cm³/mol. The Balaban J connectivity index is 1.87. The number of hydrogen-bond acceptors (Lipinski definition) is 7. The highest BCUT2D eigenvalue weighted by molar-refractivity contribution is 6.00. The van der Waals surface area contributed by atoms with Crippen molar-refractivity contribution in [3.63, 3.8) is 0 Å². The van der Waals surface area contributed by atoms with Gasteiger partial charge in [0, 0.05) is 19.0 Å². The molecule has 0 spiro atoms. The molecule has 0 aliphatic carbocycles. The zero-order valence-electron chi connectivity index (χ0n) is 21.7. The lowest BCUT2D eigenvalue weighted by Crippen LogP contribution is -2.36. The summed E-state index contributed by atoms with van der Waals surface area (Å²) >= 11 is 0. The van der Waals surface area contributed by atoms with Crippen LogP contribution in [0.4, 0.5) is 0 Å². The van der Waals surface area contributed by atoms with E-state index in [1.54, 1.807) is 24.3 Å². The van der Waals surface area contributed by atoms with Gasteiger partial charge in [-0.1, -0.05) is 68.9 Å². The third-order valence-electron chi connectivity index (χ3n) is 6.03. The van der Waals surface area contributed by atoms with E-state index < -0.39 is 24.1 Å². The summed E-state index contributed by atoms with van der Waals surface area (Å²) in [6, 6.07) is 0. The van der Waals surface area contributed by atoms with Crippen molar-refractivity contribution in [3.8, 4) is 0 Å². The second-order valence-electron chi connectivity index (χ2n) is 9.51. The molecule has 1 aromatic heterocycles. The number of hydrogen-bond donors (Lipinski definition) is 2. The molecule has 2 N–H and O–H groups in total. The maximum Gasteiger partial charge on any atom is 0.355 e. The first-order valence-corrected chi connectivity index (χ1v) is 12.5. The first kappa shape index (κ1) is 27.9. The van der Waals surface area contributed by atoms with Gasteiger partial charge in [0.15, 0.2) is 11.6 Å². The van der Waals surface area contributed by atoms with E-state index in [-0.39, 0.29) is 41.4 Å². The smallest absolute Gasteiger partial charge is 0.355 e. The van der Waals surface area contributed by atoms with Crippen LogP contribution in [0.3, 0.4) is 0 Å². The summed E-state index contributed by atoms with van der Waals surface area (Å²) in [7, 11) is 0. The van der Waals surface area contributed by atoms with Gasteiger partial charge < -0.3 is 24.5 Å². The molecular formula is C28H35N3O6. The molecule has 3 rings (SSSR count).